The number of carboxylic acid groups (broad SMARTS) is 1. The van der Waals surface area contributed by atoms with Gasteiger partial charge in [-0.1, -0.05) is 31.2 Å². The number of rotatable bonds is 8. The third-order valence-corrected chi connectivity index (χ3v) is 2.84. The lowest BCUT2D eigenvalue weighted by atomic mass is 10.1. The molecule has 0 aliphatic rings. The summed E-state index contributed by atoms with van der Waals surface area (Å²) in [5.41, 5.74) is 1.94. The number of nitrogens with one attached hydrogen (secondary N) is 1. The van der Waals surface area contributed by atoms with Gasteiger partial charge in [-0.3, -0.25) is 9.59 Å². The zero-order valence-electron chi connectivity index (χ0n) is 11.9. The molecule has 5 heteroatoms. The fraction of sp³-hybridized carbons (Fsp3) is 0.467. The van der Waals surface area contributed by atoms with Crippen LogP contribution in [0.4, 0.5) is 0 Å². The zero-order chi connectivity index (χ0) is 15.0. The summed E-state index contributed by atoms with van der Waals surface area (Å²) in [5.74, 6) is -1.02. The Bertz CT molecular complexity index is 459. The molecule has 1 aromatic carbocycles. The Balaban J connectivity index is 2.42. The SMILES string of the molecule is COCc1cccc(CC(=O)NCC(C)CC(=O)O)c1. The second-order valence-electron chi connectivity index (χ2n) is 4.94. The van der Waals surface area contributed by atoms with Crippen molar-refractivity contribution in [2.75, 3.05) is 13.7 Å². The molecular weight excluding hydrogens is 258 g/mol. The minimum absolute atomic E-state index is 0.0591. The Hall–Kier alpha value is -1.88. The molecule has 2 N–H and O–H groups in total. The van der Waals surface area contributed by atoms with E-state index in [1.54, 1.807) is 14.0 Å². The monoisotopic (exact) mass is 279 g/mol. The third-order valence-electron chi connectivity index (χ3n) is 2.84. The predicted molar refractivity (Wildman–Crippen MR) is 75.3 cm³/mol. The van der Waals surface area contributed by atoms with Gasteiger partial charge in [0.1, 0.15) is 0 Å². The minimum atomic E-state index is -0.848. The Morgan fingerprint density at radius 3 is 2.70 bits per heavy atom. The van der Waals surface area contributed by atoms with E-state index in [4.69, 9.17) is 9.84 Å². The van der Waals surface area contributed by atoms with E-state index >= 15 is 0 Å². The molecule has 1 amide bonds. The van der Waals surface area contributed by atoms with Gasteiger partial charge in [0.2, 0.25) is 5.91 Å². The summed E-state index contributed by atoms with van der Waals surface area (Å²) in [4.78, 5) is 22.3. The van der Waals surface area contributed by atoms with Gasteiger partial charge in [0.15, 0.2) is 0 Å². The van der Waals surface area contributed by atoms with Crippen LogP contribution in [-0.4, -0.2) is 30.6 Å². The van der Waals surface area contributed by atoms with Crippen LogP contribution >= 0.6 is 0 Å². The summed E-state index contributed by atoms with van der Waals surface area (Å²) in [6, 6.07) is 7.66. The van der Waals surface area contributed by atoms with Crippen molar-refractivity contribution in [2.24, 2.45) is 5.92 Å². The van der Waals surface area contributed by atoms with Crippen LogP contribution in [0.3, 0.4) is 0 Å². The van der Waals surface area contributed by atoms with Crippen molar-refractivity contribution in [3.05, 3.63) is 35.4 Å². The van der Waals surface area contributed by atoms with Gasteiger partial charge < -0.3 is 15.2 Å². The van der Waals surface area contributed by atoms with E-state index in [0.717, 1.165) is 11.1 Å². The summed E-state index contributed by atoms with van der Waals surface area (Å²) < 4.78 is 5.05. The highest BCUT2D eigenvalue weighted by molar-refractivity contribution is 5.78. The maximum atomic E-state index is 11.8. The Morgan fingerprint density at radius 1 is 1.35 bits per heavy atom. The van der Waals surface area contributed by atoms with Gasteiger partial charge in [-0.15, -0.1) is 0 Å². The number of methoxy groups -OCH3 is 1. The molecule has 5 nitrogen and oxygen atoms in total. The van der Waals surface area contributed by atoms with Gasteiger partial charge in [-0.05, 0) is 17.0 Å². The summed E-state index contributed by atoms with van der Waals surface area (Å²) in [5, 5.41) is 11.4. The highest BCUT2D eigenvalue weighted by atomic mass is 16.5. The molecule has 0 saturated heterocycles. The molecule has 0 fully saturated rings. The Morgan fingerprint density at radius 2 is 2.05 bits per heavy atom. The first kappa shape index (κ1) is 16.2. The van der Waals surface area contributed by atoms with Gasteiger partial charge in [-0.25, -0.2) is 0 Å². The van der Waals surface area contributed by atoms with Crippen LogP contribution in [0, 0.1) is 5.92 Å². The predicted octanol–water partition coefficient (Wildman–Crippen LogP) is 1.60. The number of hydrogen-bond acceptors (Lipinski definition) is 3. The van der Waals surface area contributed by atoms with Crippen molar-refractivity contribution >= 4 is 11.9 Å². The first-order valence-electron chi connectivity index (χ1n) is 6.56. The quantitative estimate of drug-likeness (QED) is 0.758. The highest BCUT2D eigenvalue weighted by Crippen LogP contribution is 2.07. The molecule has 20 heavy (non-hydrogen) atoms. The second-order valence-corrected chi connectivity index (χ2v) is 4.94. The van der Waals surface area contributed by atoms with Crippen LogP contribution in [0.2, 0.25) is 0 Å². The first-order chi connectivity index (χ1) is 9.51. The lowest BCUT2D eigenvalue weighted by Crippen LogP contribution is -2.30. The van der Waals surface area contributed by atoms with Crippen LogP contribution in [0.5, 0.6) is 0 Å². The molecule has 0 spiro atoms. The van der Waals surface area contributed by atoms with Crippen molar-refractivity contribution in [3.8, 4) is 0 Å². The molecule has 1 aromatic rings. The number of hydrogen-bond donors (Lipinski definition) is 2. The average Bonchev–Trinajstić information content (AvgIpc) is 2.36. The van der Waals surface area contributed by atoms with Gasteiger partial charge in [0.05, 0.1) is 13.0 Å². The zero-order valence-corrected chi connectivity index (χ0v) is 11.9. The van der Waals surface area contributed by atoms with Crippen LogP contribution in [-0.2, 0) is 27.4 Å². The second kappa shape index (κ2) is 8.32. The van der Waals surface area contributed by atoms with Gasteiger partial charge in [-0.2, -0.15) is 0 Å². The maximum absolute atomic E-state index is 11.8. The van der Waals surface area contributed by atoms with E-state index in [2.05, 4.69) is 5.32 Å². The number of amides is 1. The van der Waals surface area contributed by atoms with Crippen LogP contribution in [0.1, 0.15) is 24.5 Å². The van der Waals surface area contributed by atoms with Crippen molar-refractivity contribution in [1.82, 2.24) is 5.32 Å². The average molecular weight is 279 g/mol. The van der Waals surface area contributed by atoms with E-state index in [1.165, 1.54) is 0 Å². The van der Waals surface area contributed by atoms with Crippen molar-refractivity contribution in [1.29, 1.82) is 0 Å². The number of carbonyl (C=O) groups excluding carboxylic acids is 1. The van der Waals surface area contributed by atoms with Gasteiger partial charge in [0.25, 0.3) is 0 Å². The topological polar surface area (TPSA) is 75.6 Å². The number of carbonyl (C=O) groups is 2. The van der Waals surface area contributed by atoms with E-state index < -0.39 is 5.97 Å². The molecule has 0 aliphatic heterocycles. The first-order valence-corrected chi connectivity index (χ1v) is 6.56. The molecule has 0 heterocycles. The lowest BCUT2D eigenvalue weighted by Gasteiger charge is -2.10. The number of aliphatic carboxylic acids is 1. The molecule has 0 bridgehead atoms. The molecule has 0 aromatic heterocycles. The summed E-state index contributed by atoms with van der Waals surface area (Å²) in [6.45, 7) is 2.70. The fourth-order valence-electron chi connectivity index (χ4n) is 1.90. The van der Waals surface area contributed by atoms with Gasteiger partial charge >= 0.3 is 5.97 Å². The molecule has 1 rings (SSSR count). The third kappa shape index (κ3) is 6.33. The molecule has 0 aliphatic carbocycles. The molecule has 0 saturated carbocycles. The van der Waals surface area contributed by atoms with Gasteiger partial charge in [0, 0.05) is 20.1 Å². The number of ether oxygens (including phenoxy) is 1. The highest BCUT2D eigenvalue weighted by Gasteiger charge is 2.10. The Kier molecular flexibility index (Phi) is 6.73. The molecule has 1 unspecified atom stereocenters. The van der Waals surface area contributed by atoms with E-state index in [9.17, 15) is 9.59 Å². The normalized spacial score (nSPS) is 11.9. The van der Waals surface area contributed by atoms with Crippen molar-refractivity contribution < 1.29 is 19.4 Å². The van der Waals surface area contributed by atoms with Crippen LogP contribution in [0.25, 0.3) is 0 Å². The smallest absolute Gasteiger partial charge is 0.303 e. The molecule has 0 radical (unpaired) electrons. The van der Waals surface area contributed by atoms with Crippen molar-refractivity contribution in [2.45, 2.75) is 26.4 Å². The lowest BCUT2D eigenvalue weighted by molar-refractivity contribution is -0.138. The largest absolute Gasteiger partial charge is 0.481 e. The maximum Gasteiger partial charge on any atom is 0.303 e. The van der Waals surface area contributed by atoms with Crippen LogP contribution in [0.15, 0.2) is 24.3 Å². The van der Waals surface area contributed by atoms with E-state index in [0.29, 0.717) is 13.2 Å². The fourth-order valence-corrected chi connectivity index (χ4v) is 1.90. The Labute approximate surface area is 118 Å². The molecule has 1 atom stereocenters. The molecule has 110 valence electrons. The summed E-state index contributed by atoms with van der Waals surface area (Å²) in [7, 11) is 1.63. The minimum Gasteiger partial charge on any atom is -0.481 e. The van der Waals surface area contributed by atoms with Crippen molar-refractivity contribution in [3.63, 3.8) is 0 Å². The summed E-state index contributed by atoms with van der Waals surface area (Å²) >= 11 is 0. The van der Waals surface area contributed by atoms with E-state index in [-0.39, 0.29) is 24.7 Å². The summed E-state index contributed by atoms with van der Waals surface area (Å²) in [6.07, 6.45) is 0.348. The molecular formula is C15H21NO4. The van der Waals surface area contributed by atoms with Crippen LogP contribution < -0.4 is 5.32 Å². The number of carboxylic acids is 1. The standard InChI is InChI=1S/C15H21NO4/c1-11(6-15(18)19)9-16-14(17)8-12-4-3-5-13(7-12)10-20-2/h3-5,7,11H,6,8-10H2,1-2H3,(H,16,17)(H,18,19). The number of benzene rings is 1. The van der Waals surface area contributed by atoms with E-state index in [1.807, 2.05) is 24.3 Å².